The van der Waals surface area contributed by atoms with Gasteiger partial charge in [-0.3, -0.25) is 10.1 Å². The fraction of sp³-hybridized carbons (Fsp3) is 0.250. The van der Waals surface area contributed by atoms with Crippen molar-refractivity contribution < 1.29 is 14.5 Å². The monoisotopic (exact) mass is 235 g/mol. The van der Waals surface area contributed by atoms with Crippen LogP contribution in [-0.2, 0) is 4.74 Å². The van der Waals surface area contributed by atoms with E-state index in [4.69, 9.17) is 4.74 Å². The van der Waals surface area contributed by atoms with E-state index in [1.54, 1.807) is 0 Å². The molecule has 0 aliphatic carbocycles. The number of carbonyl (C=O) groups excluding carboxylic acids is 1. The smallest absolute Gasteiger partial charge is 0.338 e. The lowest BCUT2D eigenvalue weighted by atomic mass is 10.2. The highest BCUT2D eigenvalue weighted by Gasteiger charge is 2.09. The van der Waals surface area contributed by atoms with Gasteiger partial charge in [0, 0.05) is 12.1 Å². The SMILES string of the molecule is C/C=C/CCOC(=O)c1ccc([N+](=O)[O-])cc1. The first-order valence-electron chi connectivity index (χ1n) is 5.18. The van der Waals surface area contributed by atoms with E-state index in [0.29, 0.717) is 18.6 Å². The molecule has 0 amide bonds. The van der Waals surface area contributed by atoms with Gasteiger partial charge in [0.1, 0.15) is 0 Å². The van der Waals surface area contributed by atoms with Gasteiger partial charge in [0.2, 0.25) is 0 Å². The van der Waals surface area contributed by atoms with E-state index in [1.807, 2.05) is 19.1 Å². The van der Waals surface area contributed by atoms with Gasteiger partial charge in [0.25, 0.3) is 5.69 Å². The lowest BCUT2D eigenvalue weighted by molar-refractivity contribution is -0.384. The molecule has 0 fully saturated rings. The average molecular weight is 235 g/mol. The molecule has 1 aromatic rings. The second-order valence-corrected chi connectivity index (χ2v) is 3.30. The van der Waals surface area contributed by atoms with Crippen LogP contribution in [-0.4, -0.2) is 17.5 Å². The highest BCUT2D eigenvalue weighted by molar-refractivity contribution is 5.89. The Morgan fingerprint density at radius 2 is 2.06 bits per heavy atom. The van der Waals surface area contributed by atoms with E-state index in [0.717, 1.165) is 0 Å². The first kappa shape index (κ1) is 12.9. The second-order valence-electron chi connectivity index (χ2n) is 3.30. The number of hydrogen-bond donors (Lipinski definition) is 0. The molecule has 5 heteroatoms. The molecule has 0 radical (unpaired) electrons. The molecular weight excluding hydrogens is 222 g/mol. The van der Waals surface area contributed by atoms with E-state index in [1.165, 1.54) is 24.3 Å². The maximum Gasteiger partial charge on any atom is 0.338 e. The summed E-state index contributed by atoms with van der Waals surface area (Å²) in [6.07, 6.45) is 4.43. The van der Waals surface area contributed by atoms with Crippen LogP contribution in [0.5, 0.6) is 0 Å². The van der Waals surface area contributed by atoms with Crippen molar-refractivity contribution >= 4 is 11.7 Å². The summed E-state index contributed by atoms with van der Waals surface area (Å²) >= 11 is 0. The van der Waals surface area contributed by atoms with E-state index >= 15 is 0 Å². The second kappa shape index (κ2) is 6.42. The third kappa shape index (κ3) is 4.06. The number of allylic oxidation sites excluding steroid dienone is 1. The van der Waals surface area contributed by atoms with Crippen molar-refractivity contribution in [2.75, 3.05) is 6.61 Å². The number of benzene rings is 1. The number of nitrogens with zero attached hydrogens (tertiary/aromatic N) is 1. The van der Waals surface area contributed by atoms with Crippen molar-refractivity contribution in [2.24, 2.45) is 0 Å². The maximum absolute atomic E-state index is 11.5. The lowest BCUT2D eigenvalue weighted by Gasteiger charge is -2.02. The molecule has 0 spiro atoms. The first-order valence-corrected chi connectivity index (χ1v) is 5.18. The van der Waals surface area contributed by atoms with E-state index in [2.05, 4.69) is 0 Å². The third-order valence-corrected chi connectivity index (χ3v) is 2.07. The molecule has 0 N–H and O–H groups in total. The van der Waals surface area contributed by atoms with Crippen molar-refractivity contribution in [2.45, 2.75) is 13.3 Å². The lowest BCUT2D eigenvalue weighted by Crippen LogP contribution is -2.05. The van der Waals surface area contributed by atoms with Gasteiger partial charge in [0.05, 0.1) is 17.1 Å². The Bertz CT molecular complexity index is 423. The number of rotatable bonds is 5. The molecule has 0 saturated heterocycles. The fourth-order valence-corrected chi connectivity index (χ4v) is 1.19. The van der Waals surface area contributed by atoms with Crippen LogP contribution in [0.1, 0.15) is 23.7 Å². The molecule has 1 aromatic carbocycles. The van der Waals surface area contributed by atoms with Crippen molar-refractivity contribution in [3.8, 4) is 0 Å². The summed E-state index contributed by atoms with van der Waals surface area (Å²) in [5.41, 5.74) is 0.270. The highest BCUT2D eigenvalue weighted by atomic mass is 16.6. The summed E-state index contributed by atoms with van der Waals surface area (Å²) in [7, 11) is 0. The van der Waals surface area contributed by atoms with E-state index in [9.17, 15) is 14.9 Å². The van der Waals surface area contributed by atoms with Gasteiger partial charge >= 0.3 is 5.97 Å². The summed E-state index contributed by atoms with van der Waals surface area (Å²) in [6.45, 7) is 2.19. The third-order valence-electron chi connectivity index (χ3n) is 2.07. The van der Waals surface area contributed by atoms with Crippen molar-refractivity contribution in [1.29, 1.82) is 0 Å². The fourth-order valence-electron chi connectivity index (χ4n) is 1.19. The largest absolute Gasteiger partial charge is 0.462 e. The van der Waals surface area contributed by atoms with Gasteiger partial charge in [-0.25, -0.2) is 4.79 Å². The predicted molar refractivity (Wildman–Crippen MR) is 62.8 cm³/mol. The molecule has 0 aliphatic rings. The number of esters is 1. The predicted octanol–water partition coefficient (Wildman–Crippen LogP) is 2.72. The molecule has 1 rings (SSSR count). The molecule has 0 atom stereocenters. The van der Waals surface area contributed by atoms with E-state index < -0.39 is 10.9 Å². The van der Waals surface area contributed by atoms with Crippen LogP contribution in [0.4, 0.5) is 5.69 Å². The van der Waals surface area contributed by atoms with Crippen LogP contribution in [0.3, 0.4) is 0 Å². The Kier molecular flexibility index (Phi) is 4.87. The average Bonchev–Trinajstić information content (AvgIpc) is 2.34. The van der Waals surface area contributed by atoms with Gasteiger partial charge in [-0.1, -0.05) is 12.2 Å². The van der Waals surface area contributed by atoms with E-state index in [-0.39, 0.29) is 5.69 Å². The Morgan fingerprint density at radius 1 is 1.41 bits per heavy atom. The normalized spacial score (nSPS) is 10.4. The zero-order valence-corrected chi connectivity index (χ0v) is 9.46. The van der Waals surface area contributed by atoms with Crippen molar-refractivity contribution in [3.05, 3.63) is 52.1 Å². The molecule has 0 unspecified atom stereocenters. The maximum atomic E-state index is 11.5. The number of non-ortho nitro benzene ring substituents is 1. The standard InChI is InChI=1S/C12H13NO4/c1-2-3-4-9-17-12(14)10-5-7-11(8-6-10)13(15)16/h2-3,5-8H,4,9H2,1H3/b3-2+. The Hall–Kier alpha value is -2.17. The van der Waals surface area contributed by atoms with Crippen LogP contribution in [0, 0.1) is 10.1 Å². The summed E-state index contributed by atoms with van der Waals surface area (Å²) in [5, 5.41) is 10.4. The Labute approximate surface area is 98.9 Å². The highest BCUT2D eigenvalue weighted by Crippen LogP contribution is 2.12. The minimum atomic E-state index is -0.513. The molecule has 5 nitrogen and oxygen atoms in total. The first-order chi connectivity index (χ1) is 8.15. The quantitative estimate of drug-likeness (QED) is 0.259. The van der Waals surface area contributed by atoms with Gasteiger partial charge in [-0.05, 0) is 25.5 Å². The molecule has 0 aliphatic heterocycles. The van der Waals surface area contributed by atoms with Crippen LogP contribution < -0.4 is 0 Å². The van der Waals surface area contributed by atoms with Crippen LogP contribution >= 0.6 is 0 Å². The number of carbonyl (C=O) groups is 1. The van der Waals surface area contributed by atoms with Gasteiger partial charge in [-0.2, -0.15) is 0 Å². The Balaban J connectivity index is 2.54. The number of nitro groups is 1. The molecule has 90 valence electrons. The minimum absolute atomic E-state index is 0.0459. The number of ether oxygens (including phenoxy) is 1. The van der Waals surface area contributed by atoms with Crippen LogP contribution in [0.2, 0.25) is 0 Å². The number of hydrogen-bond acceptors (Lipinski definition) is 4. The molecular formula is C12H13NO4. The Morgan fingerprint density at radius 3 is 2.59 bits per heavy atom. The van der Waals surface area contributed by atoms with Gasteiger partial charge in [0.15, 0.2) is 0 Å². The summed E-state index contributed by atoms with van der Waals surface area (Å²) in [4.78, 5) is 21.4. The van der Waals surface area contributed by atoms with Gasteiger partial charge < -0.3 is 4.74 Å². The van der Waals surface area contributed by atoms with Crippen LogP contribution in [0.25, 0.3) is 0 Å². The van der Waals surface area contributed by atoms with Gasteiger partial charge in [-0.15, -0.1) is 0 Å². The molecule has 17 heavy (non-hydrogen) atoms. The molecule has 0 heterocycles. The topological polar surface area (TPSA) is 69.4 Å². The number of nitro benzene ring substituents is 1. The molecule has 0 aromatic heterocycles. The minimum Gasteiger partial charge on any atom is -0.462 e. The summed E-state index contributed by atoms with van der Waals surface area (Å²) in [6, 6.07) is 5.33. The zero-order valence-electron chi connectivity index (χ0n) is 9.46. The van der Waals surface area contributed by atoms with Crippen molar-refractivity contribution in [3.63, 3.8) is 0 Å². The zero-order chi connectivity index (χ0) is 12.7. The summed E-state index contributed by atoms with van der Waals surface area (Å²) in [5.74, 6) is -0.468. The molecule has 0 bridgehead atoms. The molecule has 0 saturated carbocycles. The summed E-state index contributed by atoms with van der Waals surface area (Å²) < 4.78 is 4.97. The van der Waals surface area contributed by atoms with Crippen molar-refractivity contribution in [1.82, 2.24) is 0 Å². The van der Waals surface area contributed by atoms with Crippen LogP contribution in [0.15, 0.2) is 36.4 Å².